The smallest absolute Gasteiger partial charge is 0.302 e. The average Bonchev–Trinajstić information content (AvgIpc) is 2.10. The lowest BCUT2D eigenvalue weighted by Gasteiger charge is -2.20. The van der Waals surface area contributed by atoms with Gasteiger partial charge in [-0.25, -0.2) is 4.57 Å². The number of alkyl halides is 5. The Morgan fingerprint density at radius 3 is 2.06 bits per heavy atom. The summed E-state index contributed by atoms with van der Waals surface area (Å²) < 4.78 is 77.7. The summed E-state index contributed by atoms with van der Waals surface area (Å²) in [5.74, 6) is -5.19. The lowest BCUT2D eigenvalue weighted by molar-refractivity contribution is -0.290. The van der Waals surface area contributed by atoms with E-state index in [0.29, 0.717) is 0 Å². The van der Waals surface area contributed by atoms with Crippen molar-refractivity contribution < 1.29 is 40.5 Å². The third-order valence-electron chi connectivity index (χ3n) is 1.28. The summed E-state index contributed by atoms with van der Waals surface area (Å²) in [7, 11) is -4.86. The standard InChI is InChI=1S/C6H10F5O4P/c1-2-3-14-16(12,13)15-4-5(7,8)6(9,10)11/h2-4H2,1H3,(H,12,13). The van der Waals surface area contributed by atoms with Crippen molar-refractivity contribution in [3.05, 3.63) is 0 Å². The molecule has 16 heavy (non-hydrogen) atoms. The van der Waals surface area contributed by atoms with Crippen molar-refractivity contribution in [3.63, 3.8) is 0 Å². The van der Waals surface area contributed by atoms with Gasteiger partial charge in [0.05, 0.1) is 6.61 Å². The van der Waals surface area contributed by atoms with Crippen molar-refractivity contribution in [3.8, 4) is 0 Å². The molecule has 0 bridgehead atoms. The second-order valence-corrected chi connectivity index (χ2v) is 4.23. The molecule has 10 heteroatoms. The number of hydrogen-bond donors (Lipinski definition) is 1. The molecule has 0 aliphatic heterocycles. The minimum Gasteiger partial charge on any atom is -0.302 e. The van der Waals surface area contributed by atoms with Crippen LogP contribution >= 0.6 is 7.82 Å². The lowest BCUT2D eigenvalue weighted by atomic mass is 10.3. The van der Waals surface area contributed by atoms with E-state index < -0.39 is 26.5 Å². The van der Waals surface area contributed by atoms with Crippen LogP contribution in [0.25, 0.3) is 0 Å². The van der Waals surface area contributed by atoms with E-state index in [-0.39, 0.29) is 13.0 Å². The zero-order valence-corrected chi connectivity index (χ0v) is 9.02. The van der Waals surface area contributed by atoms with E-state index in [9.17, 15) is 26.5 Å². The van der Waals surface area contributed by atoms with Crippen molar-refractivity contribution >= 4 is 7.82 Å². The Morgan fingerprint density at radius 1 is 1.19 bits per heavy atom. The van der Waals surface area contributed by atoms with Crippen LogP contribution in [0.4, 0.5) is 22.0 Å². The average molecular weight is 272 g/mol. The maximum absolute atomic E-state index is 12.2. The van der Waals surface area contributed by atoms with Crippen molar-refractivity contribution in [2.45, 2.75) is 25.4 Å². The van der Waals surface area contributed by atoms with Gasteiger partial charge in [-0.3, -0.25) is 9.05 Å². The fourth-order valence-corrected chi connectivity index (χ4v) is 1.30. The van der Waals surface area contributed by atoms with Gasteiger partial charge >= 0.3 is 19.9 Å². The molecule has 1 N–H and O–H groups in total. The minimum atomic E-state index is -5.84. The van der Waals surface area contributed by atoms with Crippen LogP contribution < -0.4 is 0 Å². The normalized spacial score (nSPS) is 17.2. The van der Waals surface area contributed by atoms with E-state index in [1.165, 1.54) is 0 Å². The molecule has 0 aromatic carbocycles. The molecule has 98 valence electrons. The van der Waals surface area contributed by atoms with Gasteiger partial charge < -0.3 is 4.89 Å². The first-order valence-electron chi connectivity index (χ1n) is 4.08. The molecule has 0 amide bonds. The summed E-state index contributed by atoms with van der Waals surface area (Å²) in [6.45, 7) is -0.996. The summed E-state index contributed by atoms with van der Waals surface area (Å²) >= 11 is 0. The van der Waals surface area contributed by atoms with E-state index in [1.54, 1.807) is 6.92 Å². The van der Waals surface area contributed by atoms with Crippen molar-refractivity contribution in [1.29, 1.82) is 0 Å². The third kappa shape index (κ3) is 5.20. The van der Waals surface area contributed by atoms with Gasteiger partial charge in [0.25, 0.3) is 0 Å². The Labute approximate surface area is 88.0 Å². The molecular formula is C6H10F5O4P. The summed E-state index contributed by atoms with van der Waals surface area (Å²) in [6, 6.07) is 0. The van der Waals surface area contributed by atoms with Crippen molar-refractivity contribution in [2.75, 3.05) is 13.2 Å². The zero-order valence-electron chi connectivity index (χ0n) is 8.13. The number of phosphoric ester groups is 1. The van der Waals surface area contributed by atoms with Crippen LogP contribution in [0, 0.1) is 0 Å². The molecule has 1 atom stereocenters. The molecular weight excluding hydrogens is 262 g/mol. The van der Waals surface area contributed by atoms with Crippen LogP contribution in [0.5, 0.6) is 0 Å². The van der Waals surface area contributed by atoms with Crippen LogP contribution in [0.3, 0.4) is 0 Å². The first kappa shape index (κ1) is 15.8. The number of hydrogen-bond acceptors (Lipinski definition) is 3. The van der Waals surface area contributed by atoms with Crippen LogP contribution in [-0.2, 0) is 13.6 Å². The summed E-state index contributed by atoms with van der Waals surface area (Å²) in [5, 5.41) is 0. The van der Waals surface area contributed by atoms with E-state index >= 15 is 0 Å². The molecule has 4 nitrogen and oxygen atoms in total. The highest BCUT2D eigenvalue weighted by Gasteiger charge is 2.58. The maximum Gasteiger partial charge on any atom is 0.472 e. The fraction of sp³-hybridized carbons (Fsp3) is 1.00. The van der Waals surface area contributed by atoms with Gasteiger partial charge in [0, 0.05) is 0 Å². The summed E-state index contributed by atoms with van der Waals surface area (Å²) in [6.07, 6.45) is -5.55. The Morgan fingerprint density at radius 2 is 1.69 bits per heavy atom. The second kappa shape index (κ2) is 5.39. The fourth-order valence-electron chi connectivity index (χ4n) is 0.488. The van der Waals surface area contributed by atoms with Gasteiger partial charge in [-0.2, -0.15) is 22.0 Å². The Bertz CT molecular complexity index is 266. The van der Waals surface area contributed by atoms with Crippen LogP contribution in [-0.4, -0.2) is 30.2 Å². The van der Waals surface area contributed by atoms with Gasteiger partial charge in [0.1, 0.15) is 6.61 Å². The van der Waals surface area contributed by atoms with Crippen molar-refractivity contribution in [2.24, 2.45) is 0 Å². The van der Waals surface area contributed by atoms with Crippen molar-refractivity contribution in [1.82, 2.24) is 0 Å². The molecule has 0 heterocycles. The SMILES string of the molecule is CCCOP(=O)(O)OCC(F)(F)C(F)(F)F. The van der Waals surface area contributed by atoms with Crippen LogP contribution in [0.15, 0.2) is 0 Å². The van der Waals surface area contributed by atoms with E-state index in [1.807, 2.05) is 0 Å². The largest absolute Gasteiger partial charge is 0.472 e. The molecule has 0 saturated carbocycles. The Hall–Kier alpha value is -0.240. The topological polar surface area (TPSA) is 55.8 Å². The number of rotatable bonds is 6. The van der Waals surface area contributed by atoms with E-state index in [4.69, 9.17) is 4.89 Å². The monoisotopic (exact) mass is 272 g/mol. The molecule has 0 aliphatic carbocycles. The second-order valence-electron chi connectivity index (χ2n) is 2.78. The molecule has 0 fully saturated rings. The molecule has 0 aromatic rings. The zero-order chi connectivity index (χ0) is 13.0. The van der Waals surface area contributed by atoms with Gasteiger partial charge in [-0.05, 0) is 6.42 Å². The summed E-state index contributed by atoms with van der Waals surface area (Å²) in [5.41, 5.74) is 0. The predicted octanol–water partition coefficient (Wildman–Crippen LogP) is 2.73. The molecule has 0 saturated heterocycles. The minimum absolute atomic E-state index is 0.281. The van der Waals surface area contributed by atoms with Gasteiger partial charge in [0.15, 0.2) is 0 Å². The Kier molecular flexibility index (Phi) is 5.31. The molecule has 0 rings (SSSR count). The highest BCUT2D eigenvalue weighted by molar-refractivity contribution is 7.47. The van der Waals surface area contributed by atoms with E-state index in [2.05, 4.69) is 9.05 Å². The number of phosphoric acid groups is 1. The quantitative estimate of drug-likeness (QED) is 0.596. The van der Waals surface area contributed by atoms with Gasteiger partial charge in [0.2, 0.25) is 0 Å². The highest BCUT2D eigenvalue weighted by atomic mass is 31.2. The molecule has 0 aromatic heterocycles. The molecule has 0 radical (unpaired) electrons. The number of halogens is 5. The highest BCUT2D eigenvalue weighted by Crippen LogP contribution is 2.46. The van der Waals surface area contributed by atoms with Gasteiger partial charge in [-0.1, -0.05) is 6.92 Å². The van der Waals surface area contributed by atoms with E-state index in [0.717, 1.165) is 0 Å². The first-order valence-corrected chi connectivity index (χ1v) is 5.58. The maximum atomic E-state index is 12.2. The lowest BCUT2D eigenvalue weighted by Crippen LogP contribution is -2.40. The third-order valence-corrected chi connectivity index (χ3v) is 2.25. The molecule has 0 aliphatic rings. The van der Waals surface area contributed by atoms with Crippen LogP contribution in [0.2, 0.25) is 0 Å². The molecule has 0 spiro atoms. The predicted molar refractivity (Wildman–Crippen MR) is 43.0 cm³/mol. The van der Waals surface area contributed by atoms with Gasteiger partial charge in [-0.15, -0.1) is 0 Å². The Balaban J connectivity index is 4.29. The first-order chi connectivity index (χ1) is 7.02. The van der Waals surface area contributed by atoms with Crippen LogP contribution in [0.1, 0.15) is 13.3 Å². The molecule has 1 unspecified atom stereocenters. The summed E-state index contributed by atoms with van der Waals surface area (Å²) in [4.78, 5) is 8.69.